The number of benzene rings is 3. The van der Waals surface area contributed by atoms with Gasteiger partial charge in [-0.1, -0.05) is 24.3 Å². The standard InChI is InChI=1S/C24H26N4O.2ClH/c25-24(26)17-4-2-15-1-3-16(11-18(15)12-17)23-14-19-13-21(5-6-22(19)28-23)29-20-7-9-27-10-8-20;;/h1-6,11-13,20,23,27-28H,7-10,14H2,(H3,25,26);2*1H. The summed E-state index contributed by atoms with van der Waals surface area (Å²) in [5, 5.41) is 17.0. The minimum Gasteiger partial charge on any atom is -0.490 e. The molecule has 7 heteroatoms. The van der Waals surface area contributed by atoms with Gasteiger partial charge in [0.25, 0.3) is 0 Å². The van der Waals surface area contributed by atoms with Gasteiger partial charge in [-0.2, -0.15) is 0 Å². The number of halogens is 2. The average molecular weight is 459 g/mol. The highest BCUT2D eigenvalue weighted by Gasteiger charge is 2.23. The lowest BCUT2D eigenvalue weighted by atomic mass is 9.98. The Hall–Kier alpha value is -2.47. The van der Waals surface area contributed by atoms with E-state index in [2.05, 4.69) is 47.0 Å². The van der Waals surface area contributed by atoms with Crippen LogP contribution in [0.25, 0.3) is 10.8 Å². The number of nitrogen functional groups attached to an aromatic ring is 1. The zero-order valence-corrected chi connectivity index (χ0v) is 18.8. The molecule has 2 aliphatic heterocycles. The Morgan fingerprint density at radius 2 is 1.71 bits per heavy atom. The summed E-state index contributed by atoms with van der Waals surface area (Å²) in [4.78, 5) is 0. The summed E-state index contributed by atoms with van der Waals surface area (Å²) in [6.45, 7) is 2.07. The molecule has 0 spiro atoms. The molecule has 5 nitrogen and oxygen atoms in total. The van der Waals surface area contributed by atoms with Crippen LogP contribution in [-0.4, -0.2) is 25.0 Å². The minimum atomic E-state index is 0. The van der Waals surface area contributed by atoms with Gasteiger partial charge < -0.3 is 21.1 Å². The van der Waals surface area contributed by atoms with Crippen molar-refractivity contribution in [1.82, 2.24) is 5.32 Å². The summed E-state index contributed by atoms with van der Waals surface area (Å²) in [5.74, 6) is 1.08. The van der Waals surface area contributed by atoms with Crippen LogP contribution in [0.3, 0.4) is 0 Å². The summed E-state index contributed by atoms with van der Waals surface area (Å²) in [5.41, 5.74) is 10.2. The summed E-state index contributed by atoms with van der Waals surface area (Å²) < 4.78 is 6.22. The fraction of sp³-hybridized carbons (Fsp3) is 0.292. The lowest BCUT2D eigenvalue weighted by molar-refractivity contribution is 0.162. The number of rotatable bonds is 4. The molecule has 164 valence electrons. The van der Waals surface area contributed by atoms with Gasteiger partial charge in [-0.05, 0) is 84.6 Å². The highest BCUT2D eigenvalue weighted by atomic mass is 35.5. The lowest BCUT2D eigenvalue weighted by Crippen LogP contribution is -2.34. The number of piperidine rings is 1. The molecule has 0 aliphatic carbocycles. The predicted octanol–water partition coefficient (Wildman–Crippen LogP) is 4.81. The molecule has 0 bridgehead atoms. The van der Waals surface area contributed by atoms with E-state index in [4.69, 9.17) is 15.9 Å². The van der Waals surface area contributed by atoms with Gasteiger partial charge in [0.15, 0.2) is 0 Å². The molecule has 5 N–H and O–H groups in total. The largest absolute Gasteiger partial charge is 0.490 e. The first-order valence-electron chi connectivity index (χ1n) is 10.3. The van der Waals surface area contributed by atoms with Crippen molar-refractivity contribution in [2.75, 3.05) is 18.4 Å². The van der Waals surface area contributed by atoms with Crippen LogP contribution in [-0.2, 0) is 6.42 Å². The molecule has 3 aromatic carbocycles. The van der Waals surface area contributed by atoms with Crippen molar-refractivity contribution in [3.05, 3.63) is 71.3 Å². The third-order valence-corrected chi connectivity index (χ3v) is 6.00. The van der Waals surface area contributed by atoms with Crippen molar-refractivity contribution >= 4 is 47.1 Å². The van der Waals surface area contributed by atoms with E-state index in [1.807, 2.05) is 18.2 Å². The molecule has 2 heterocycles. The topological polar surface area (TPSA) is 83.2 Å². The first kappa shape index (κ1) is 23.2. The second-order valence-corrected chi connectivity index (χ2v) is 8.02. The van der Waals surface area contributed by atoms with Gasteiger partial charge in [0.1, 0.15) is 17.7 Å². The van der Waals surface area contributed by atoms with E-state index in [1.165, 1.54) is 16.8 Å². The molecule has 1 unspecified atom stereocenters. The first-order chi connectivity index (χ1) is 14.2. The maximum absolute atomic E-state index is 7.68. The van der Waals surface area contributed by atoms with Crippen LogP contribution in [0.15, 0.2) is 54.6 Å². The number of nitrogens with one attached hydrogen (secondary N) is 3. The molecule has 0 amide bonds. The number of anilines is 1. The van der Waals surface area contributed by atoms with Crippen LogP contribution in [0, 0.1) is 5.41 Å². The third kappa shape index (κ3) is 4.90. The molecule has 1 atom stereocenters. The number of nitrogens with two attached hydrogens (primary N) is 1. The number of amidine groups is 1. The summed E-state index contributed by atoms with van der Waals surface area (Å²) in [7, 11) is 0. The fourth-order valence-corrected chi connectivity index (χ4v) is 4.37. The van der Waals surface area contributed by atoms with E-state index < -0.39 is 0 Å². The van der Waals surface area contributed by atoms with Gasteiger partial charge in [-0.3, -0.25) is 5.41 Å². The Morgan fingerprint density at radius 1 is 0.935 bits per heavy atom. The molecule has 0 saturated carbocycles. The van der Waals surface area contributed by atoms with E-state index in [1.54, 1.807) is 0 Å². The SMILES string of the molecule is Cl.Cl.N=C(N)c1ccc2ccc(C3Cc4cc(OC5CCNCC5)ccc4N3)cc2c1. The van der Waals surface area contributed by atoms with Crippen LogP contribution in [0.5, 0.6) is 5.75 Å². The molecule has 0 aromatic heterocycles. The molecular formula is C24H28Cl2N4O. The predicted molar refractivity (Wildman–Crippen MR) is 132 cm³/mol. The van der Waals surface area contributed by atoms with Crippen molar-refractivity contribution < 1.29 is 4.74 Å². The third-order valence-electron chi connectivity index (χ3n) is 6.00. The molecule has 2 aliphatic rings. The first-order valence-corrected chi connectivity index (χ1v) is 10.3. The van der Waals surface area contributed by atoms with Crippen molar-refractivity contribution in [1.29, 1.82) is 5.41 Å². The monoisotopic (exact) mass is 458 g/mol. The Morgan fingerprint density at radius 3 is 2.48 bits per heavy atom. The van der Waals surface area contributed by atoms with Crippen LogP contribution < -0.4 is 21.1 Å². The fourth-order valence-electron chi connectivity index (χ4n) is 4.37. The number of fused-ring (bicyclic) bond motifs is 2. The van der Waals surface area contributed by atoms with E-state index in [-0.39, 0.29) is 36.7 Å². The molecule has 1 fully saturated rings. The highest BCUT2D eigenvalue weighted by Crippen LogP contribution is 2.37. The molecule has 3 aromatic rings. The van der Waals surface area contributed by atoms with Crippen molar-refractivity contribution in [2.45, 2.75) is 31.4 Å². The maximum Gasteiger partial charge on any atom is 0.122 e. The lowest BCUT2D eigenvalue weighted by Gasteiger charge is -2.24. The van der Waals surface area contributed by atoms with E-state index in [0.29, 0.717) is 6.10 Å². The van der Waals surface area contributed by atoms with Crippen LogP contribution in [0.1, 0.15) is 35.6 Å². The number of ether oxygens (including phenoxy) is 1. The number of hydrogen-bond donors (Lipinski definition) is 4. The van der Waals surface area contributed by atoms with Crippen molar-refractivity contribution in [2.24, 2.45) is 5.73 Å². The Kier molecular flexibility index (Phi) is 7.31. The van der Waals surface area contributed by atoms with E-state index >= 15 is 0 Å². The van der Waals surface area contributed by atoms with Gasteiger partial charge >= 0.3 is 0 Å². The van der Waals surface area contributed by atoms with Gasteiger partial charge in [-0.15, -0.1) is 24.8 Å². The van der Waals surface area contributed by atoms with Gasteiger partial charge in [-0.25, -0.2) is 0 Å². The normalized spacial score (nSPS) is 17.7. The Balaban J connectivity index is 0.00000136. The number of hydrogen-bond acceptors (Lipinski definition) is 4. The molecule has 0 radical (unpaired) electrons. The average Bonchev–Trinajstić information content (AvgIpc) is 3.17. The highest BCUT2D eigenvalue weighted by molar-refractivity contribution is 5.99. The zero-order chi connectivity index (χ0) is 19.8. The zero-order valence-electron chi connectivity index (χ0n) is 17.2. The van der Waals surface area contributed by atoms with Gasteiger partial charge in [0.2, 0.25) is 0 Å². The molecule has 1 saturated heterocycles. The smallest absolute Gasteiger partial charge is 0.122 e. The summed E-state index contributed by atoms with van der Waals surface area (Å²) >= 11 is 0. The Labute approximate surface area is 195 Å². The minimum absolute atomic E-state index is 0. The van der Waals surface area contributed by atoms with Crippen molar-refractivity contribution in [3.63, 3.8) is 0 Å². The van der Waals surface area contributed by atoms with Crippen molar-refractivity contribution in [3.8, 4) is 5.75 Å². The van der Waals surface area contributed by atoms with Crippen LogP contribution in [0.4, 0.5) is 5.69 Å². The second-order valence-electron chi connectivity index (χ2n) is 8.02. The summed E-state index contributed by atoms with van der Waals surface area (Å²) in [6, 6.07) is 19.1. The molecular weight excluding hydrogens is 431 g/mol. The van der Waals surface area contributed by atoms with Gasteiger partial charge in [0.05, 0.1) is 6.04 Å². The van der Waals surface area contributed by atoms with Crippen LogP contribution >= 0.6 is 24.8 Å². The van der Waals surface area contributed by atoms with E-state index in [9.17, 15) is 0 Å². The molecule has 5 rings (SSSR count). The molecule has 31 heavy (non-hydrogen) atoms. The quantitative estimate of drug-likeness (QED) is 0.334. The maximum atomic E-state index is 7.68. The van der Waals surface area contributed by atoms with E-state index in [0.717, 1.165) is 54.4 Å². The van der Waals surface area contributed by atoms with Gasteiger partial charge in [0, 0.05) is 11.3 Å². The Bertz CT molecular complexity index is 1080. The second kappa shape index (κ2) is 9.77. The van der Waals surface area contributed by atoms with Crippen LogP contribution in [0.2, 0.25) is 0 Å². The summed E-state index contributed by atoms with van der Waals surface area (Å²) in [6.07, 6.45) is 3.39.